The molecule has 79 heavy (non-hydrogen) atoms. The van der Waals surface area contributed by atoms with E-state index in [4.69, 9.17) is 28.0 Å². The number of carboxylic acid groups (broad SMARTS) is 2. The van der Waals surface area contributed by atoms with E-state index < -0.39 is 146 Å². The SMILES string of the molecule is CC(C)C[C@H](NC(=O)[C@@H](N)Cc1cnc[nH]1)C(=O)N[C@@H](CO)C(=O)N[C@@H](CO)C(=O)N[C@@H](CCCCN)C(=O)N[C@@H](CCCN=C(N)N)C(=O)N[C@@H](Cc1ccc(O)cc1)C(=O)N[C@H](C(=O)N[C@@H](CCC(=O)O)C(=O)O)[C@@H](C)O. The van der Waals surface area contributed by atoms with E-state index in [9.17, 15) is 73.5 Å². The number of phenols is 1. The van der Waals surface area contributed by atoms with Gasteiger partial charge in [0.1, 0.15) is 54.1 Å². The number of benzene rings is 1. The van der Waals surface area contributed by atoms with E-state index in [0.29, 0.717) is 17.7 Å². The number of aliphatic hydroxyl groups is 3. The van der Waals surface area contributed by atoms with Crippen LogP contribution < -0.4 is 65.5 Å². The first-order chi connectivity index (χ1) is 37.3. The number of aliphatic imine (C=N–C) groups is 1. The number of carbonyl (C=O) groups is 10. The number of carboxylic acids is 2. The summed E-state index contributed by atoms with van der Waals surface area (Å²) in [6.07, 6.45) is 0.0106. The van der Waals surface area contributed by atoms with E-state index >= 15 is 0 Å². The van der Waals surface area contributed by atoms with Crippen molar-refractivity contribution in [2.45, 2.75) is 145 Å². The number of aliphatic hydroxyl groups excluding tert-OH is 3. The Kier molecular flexibility index (Phi) is 29.5. The van der Waals surface area contributed by atoms with Crippen molar-refractivity contribution in [3.05, 3.63) is 48.0 Å². The average Bonchev–Trinajstić information content (AvgIpc) is 3.91. The van der Waals surface area contributed by atoms with Crippen molar-refractivity contribution < 1.29 is 78.6 Å². The first-order valence-corrected chi connectivity index (χ1v) is 25.3. The molecule has 0 bridgehead atoms. The second kappa shape index (κ2) is 34.7. The predicted molar refractivity (Wildman–Crippen MR) is 280 cm³/mol. The summed E-state index contributed by atoms with van der Waals surface area (Å²) in [7, 11) is 0. The van der Waals surface area contributed by atoms with E-state index in [1.165, 1.54) is 36.8 Å². The summed E-state index contributed by atoms with van der Waals surface area (Å²) in [5.74, 6) is -11.8. The monoisotopic (exact) mass is 1120 g/mol. The minimum atomic E-state index is -1.86. The Hall–Kier alpha value is -8.00. The molecule has 2 aromatic rings. The number of aliphatic carboxylic acids is 2. The van der Waals surface area contributed by atoms with E-state index in [1.807, 2.05) is 0 Å². The van der Waals surface area contributed by atoms with Gasteiger partial charge in [-0.05, 0) is 82.0 Å². The summed E-state index contributed by atoms with van der Waals surface area (Å²) in [5.41, 5.74) is 23.6. The van der Waals surface area contributed by atoms with Crippen molar-refractivity contribution in [1.29, 1.82) is 0 Å². The van der Waals surface area contributed by atoms with Gasteiger partial charge in [-0.2, -0.15) is 0 Å². The second-order valence-electron chi connectivity index (χ2n) is 18.9. The predicted octanol–water partition coefficient (Wildman–Crippen LogP) is -6.35. The molecule has 0 fully saturated rings. The van der Waals surface area contributed by atoms with Crippen molar-refractivity contribution in [2.75, 3.05) is 26.3 Å². The molecule has 0 radical (unpaired) electrons. The highest BCUT2D eigenvalue weighted by molar-refractivity contribution is 5.98. The number of amides is 8. The quantitative estimate of drug-likeness (QED) is 0.0170. The number of guanidine groups is 1. The molecule has 31 nitrogen and oxygen atoms in total. The Morgan fingerprint density at radius 3 is 1.59 bits per heavy atom. The largest absolute Gasteiger partial charge is 0.508 e. The first-order valence-electron chi connectivity index (χ1n) is 25.3. The highest BCUT2D eigenvalue weighted by atomic mass is 16.4. The standard InChI is InChI=1S/C48H77N15O16/c1-24(2)17-33(59-39(70)29(50)19-27-20-53-23-55-27)42(73)61-36(22-65)45(76)62-35(21-64)44(75)57-30(7-4-5-15-49)40(71)56-31(8-6-16-54-48(51)52)41(72)60-34(18-26-9-11-28(67)12-10-26)43(74)63-38(25(3)66)46(77)58-32(47(78)79)13-14-37(68)69/h9-12,20,23-25,29-36,38,64-67H,4-8,13-19,21-22,49-50H2,1-3H3,(H,53,55)(H,56,71)(H,57,75)(H,58,77)(H,59,70)(H,60,72)(H,61,73)(H,62,76)(H,63,74)(H,68,69)(H,78,79)(H4,51,52,54)/t25-,29+,30+,31+,32+,33+,34+,35+,36+,38+/m1/s1. The van der Waals surface area contributed by atoms with Gasteiger partial charge in [-0.1, -0.05) is 26.0 Å². The molecule has 440 valence electrons. The number of aromatic nitrogens is 2. The van der Waals surface area contributed by atoms with Crippen molar-refractivity contribution in [3.63, 3.8) is 0 Å². The highest BCUT2D eigenvalue weighted by Crippen LogP contribution is 2.14. The molecular formula is C48H77N15O16. The number of nitrogens with two attached hydrogens (primary N) is 4. The van der Waals surface area contributed by atoms with Crippen molar-refractivity contribution >= 4 is 65.2 Å². The summed E-state index contributed by atoms with van der Waals surface area (Å²) in [6.45, 7) is 2.65. The van der Waals surface area contributed by atoms with Crippen LogP contribution in [-0.2, 0) is 60.8 Å². The highest BCUT2D eigenvalue weighted by Gasteiger charge is 2.36. The van der Waals surface area contributed by atoms with Gasteiger partial charge < -0.3 is 101 Å². The van der Waals surface area contributed by atoms with E-state index in [-0.39, 0.29) is 75.7 Å². The second-order valence-corrected chi connectivity index (χ2v) is 18.9. The van der Waals surface area contributed by atoms with Gasteiger partial charge in [-0.15, -0.1) is 0 Å². The zero-order valence-electron chi connectivity index (χ0n) is 44.2. The minimum absolute atomic E-state index is 0.0253. The van der Waals surface area contributed by atoms with Gasteiger partial charge in [0.15, 0.2) is 5.96 Å². The lowest BCUT2D eigenvalue weighted by atomic mass is 10.0. The van der Waals surface area contributed by atoms with Gasteiger partial charge in [0.25, 0.3) is 0 Å². The Bertz CT molecular complexity index is 2350. The molecule has 0 saturated carbocycles. The Labute approximate surface area is 454 Å². The van der Waals surface area contributed by atoms with E-state index in [1.54, 1.807) is 13.8 Å². The van der Waals surface area contributed by atoms with Crippen LogP contribution in [-0.4, -0.2) is 193 Å². The molecule has 10 atom stereocenters. The van der Waals surface area contributed by atoms with Gasteiger partial charge >= 0.3 is 11.9 Å². The molecule has 1 aromatic heterocycles. The smallest absolute Gasteiger partial charge is 0.326 e. The van der Waals surface area contributed by atoms with Crippen LogP contribution in [0.25, 0.3) is 0 Å². The van der Waals surface area contributed by atoms with Crippen molar-refractivity contribution in [2.24, 2.45) is 33.8 Å². The van der Waals surface area contributed by atoms with Crippen LogP contribution in [0.2, 0.25) is 0 Å². The molecule has 0 aliphatic heterocycles. The third-order valence-corrected chi connectivity index (χ3v) is 11.8. The van der Waals surface area contributed by atoms with Crippen LogP contribution in [0.4, 0.5) is 0 Å². The van der Waals surface area contributed by atoms with Crippen LogP contribution in [0.5, 0.6) is 5.75 Å². The number of imidazole rings is 1. The number of carbonyl (C=O) groups excluding carboxylic acids is 8. The number of hydrogen-bond donors (Lipinski definition) is 19. The topological polar surface area (TPSA) is 533 Å². The Morgan fingerprint density at radius 2 is 1.11 bits per heavy atom. The molecule has 0 aliphatic carbocycles. The van der Waals surface area contributed by atoms with Gasteiger partial charge in [0.05, 0.1) is 31.7 Å². The molecular weight excluding hydrogens is 1040 g/mol. The summed E-state index contributed by atoms with van der Waals surface area (Å²) >= 11 is 0. The maximum atomic E-state index is 14.3. The third kappa shape index (κ3) is 24.9. The number of nitrogens with zero attached hydrogens (tertiary/aromatic N) is 2. The molecule has 2 rings (SSSR count). The summed E-state index contributed by atoms with van der Waals surface area (Å²) in [5, 5.41) is 78.6. The minimum Gasteiger partial charge on any atom is -0.508 e. The zero-order chi connectivity index (χ0) is 59.4. The maximum Gasteiger partial charge on any atom is 0.326 e. The average molecular weight is 1120 g/mol. The number of nitrogens with one attached hydrogen (secondary N) is 9. The van der Waals surface area contributed by atoms with Crippen molar-refractivity contribution in [1.82, 2.24) is 52.5 Å². The summed E-state index contributed by atoms with van der Waals surface area (Å²) in [4.78, 5) is 143. The molecule has 1 aromatic carbocycles. The van der Waals surface area contributed by atoms with Crippen LogP contribution in [0.1, 0.15) is 83.4 Å². The molecule has 0 saturated heterocycles. The fraction of sp³-hybridized carbons (Fsp3) is 0.583. The first kappa shape index (κ1) is 67.1. The van der Waals surface area contributed by atoms with E-state index in [0.717, 1.165) is 6.92 Å². The molecule has 31 heteroatoms. The third-order valence-electron chi connectivity index (χ3n) is 11.8. The molecule has 1 heterocycles. The molecule has 8 amide bonds. The lowest BCUT2D eigenvalue weighted by Crippen LogP contribution is -2.62. The molecule has 0 spiro atoms. The Balaban J connectivity index is 2.41. The fourth-order valence-electron chi connectivity index (χ4n) is 7.51. The van der Waals surface area contributed by atoms with Crippen LogP contribution in [0.3, 0.4) is 0 Å². The van der Waals surface area contributed by atoms with Gasteiger partial charge in [-0.25, -0.2) is 9.78 Å². The van der Waals surface area contributed by atoms with Gasteiger partial charge in [0, 0.05) is 37.7 Å². The van der Waals surface area contributed by atoms with Crippen LogP contribution in [0, 0.1) is 5.92 Å². The van der Waals surface area contributed by atoms with Crippen LogP contribution in [0.15, 0.2) is 41.8 Å². The number of phenolic OH excluding ortho intramolecular Hbond substituents is 1. The summed E-state index contributed by atoms with van der Waals surface area (Å²) in [6, 6.07) is -8.79. The van der Waals surface area contributed by atoms with Crippen molar-refractivity contribution in [3.8, 4) is 5.75 Å². The zero-order valence-corrected chi connectivity index (χ0v) is 44.2. The van der Waals surface area contributed by atoms with Crippen LogP contribution >= 0.6 is 0 Å². The van der Waals surface area contributed by atoms with Gasteiger partial charge in [0.2, 0.25) is 47.3 Å². The number of aromatic amines is 1. The van der Waals surface area contributed by atoms with Gasteiger partial charge in [-0.3, -0.25) is 48.1 Å². The number of hydrogen-bond acceptors (Lipinski definition) is 18. The molecule has 0 aliphatic rings. The fourth-order valence-corrected chi connectivity index (χ4v) is 7.51. The number of rotatable bonds is 37. The lowest BCUT2D eigenvalue weighted by molar-refractivity contribution is -0.144. The normalized spacial score (nSPS) is 14.9. The number of H-pyrrole nitrogens is 1. The summed E-state index contributed by atoms with van der Waals surface area (Å²) < 4.78 is 0. The number of unbranched alkanes of at least 4 members (excludes halogenated alkanes) is 1. The maximum absolute atomic E-state index is 14.3. The lowest BCUT2D eigenvalue weighted by Gasteiger charge is -2.28. The van der Waals surface area contributed by atoms with E-state index in [2.05, 4.69) is 57.5 Å². The Morgan fingerprint density at radius 1 is 0.620 bits per heavy atom. The molecule has 23 N–H and O–H groups in total. The molecule has 0 unspecified atom stereocenters. The number of aromatic hydroxyl groups is 1.